The van der Waals surface area contributed by atoms with Crippen molar-refractivity contribution in [2.24, 2.45) is 5.92 Å². The maximum absolute atomic E-state index is 13.0. The fraction of sp³-hybridized carbons (Fsp3) is 0.300. The van der Waals surface area contributed by atoms with E-state index in [-0.39, 0.29) is 17.7 Å². The van der Waals surface area contributed by atoms with Gasteiger partial charge in [0, 0.05) is 30.9 Å². The van der Waals surface area contributed by atoms with E-state index in [2.05, 4.69) is 6.07 Å². The lowest BCUT2D eigenvalue weighted by molar-refractivity contribution is -0.124. The highest BCUT2D eigenvalue weighted by Gasteiger charge is 2.38. The van der Waals surface area contributed by atoms with E-state index >= 15 is 0 Å². The first-order valence-electron chi connectivity index (χ1n) is 8.49. The summed E-state index contributed by atoms with van der Waals surface area (Å²) in [4.78, 5) is 29.0. The number of carbonyl (C=O) groups is 2. The van der Waals surface area contributed by atoms with E-state index in [1.165, 1.54) is 5.56 Å². The zero-order valence-electron chi connectivity index (χ0n) is 13.5. The summed E-state index contributed by atoms with van der Waals surface area (Å²) in [5, 5.41) is 0. The number of carbonyl (C=O) groups excluding carboxylic acids is 2. The first-order chi connectivity index (χ1) is 11.7. The smallest absolute Gasteiger partial charge is 0.232 e. The molecule has 4 nitrogen and oxygen atoms in total. The molecular formula is C20H20N2O2. The van der Waals surface area contributed by atoms with Gasteiger partial charge in [-0.3, -0.25) is 9.59 Å². The molecule has 2 aliphatic rings. The van der Waals surface area contributed by atoms with Crippen molar-refractivity contribution >= 4 is 23.2 Å². The van der Waals surface area contributed by atoms with Crippen LogP contribution >= 0.6 is 0 Å². The Kier molecular flexibility index (Phi) is 3.81. The first-order valence-corrected chi connectivity index (χ1v) is 8.49. The zero-order chi connectivity index (χ0) is 16.5. The van der Waals surface area contributed by atoms with Gasteiger partial charge >= 0.3 is 0 Å². The van der Waals surface area contributed by atoms with E-state index in [4.69, 9.17) is 0 Å². The second-order valence-corrected chi connectivity index (χ2v) is 6.46. The summed E-state index contributed by atoms with van der Waals surface area (Å²) in [5.74, 6) is -0.150. The minimum atomic E-state index is -0.260. The number of rotatable bonds is 2. The van der Waals surface area contributed by atoms with Crippen molar-refractivity contribution in [3.8, 4) is 0 Å². The lowest BCUT2D eigenvalue weighted by atomic mass is 9.99. The predicted octanol–water partition coefficient (Wildman–Crippen LogP) is 3.02. The van der Waals surface area contributed by atoms with Crippen molar-refractivity contribution in [3.63, 3.8) is 0 Å². The van der Waals surface area contributed by atoms with Gasteiger partial charge in [-0.15, -0.1) is 0 Å². The average molecular weight is 320 g/mol. The van der Waals surface area contributed by atoms with Gasteiger partial charge in [0.1, 0.15) is 0 Å². The third-order valence-corrected chi connectivity index (χ3v) is 4.92. The highest BCUT2D eigenvalue weighted by Crippen LogP contribution is 2.31. The molecule has 4 heteroatoms. The summed E-state index contributed by atoms with van der Waals surface area (Å²) in [6.45, 7) is 1.21. The molecule has 122 valence electrons. The molecule has 0 bridgehead atoms. The molecule has 2 amide bonds. The van der Waals surface area contributed by atoms with Crippen LogP contribution in [0.2, 0.25) is 0 Å². The third-order valence-electron chi connectivity index (χ3n) is 4.92. The van der Waals surface area contributed by atoms with Gasteiger partial charge in [-0.1, -0.05) is 36.4 Å². The first kappa shape index (κ1) is 14.9. The van der Waals surface area contributed by atoms with E-state index in [9.17, 15) is 9.59 Å². The van der Waals surface area contributed by atoms with Crippen molar-refractivity contribution in [1.29, 1.82) is 0 Å². The SMILES string of the molecule is O=C1C[C@@H](C(=O)N2CCCc3ccccc32)CN1c1ccccc1. The second-order valence-electron chi connectivity index (χ2n) is 6.46. The molecule has 24 heavy (non-hydrogen) atoms. The zero-order valence-corrected chi connectivity index (χ0v) is 13.5. The fourth-order valence-corrected chi connectivity index (χ4v) is 3.71. The Morgan fingerprint density at radius 1 is 1.00 bits per heavy atom. The second kappa shape index (κ2) is 6.11. The van der Waals surface area contributed by atoms with Crippen LogP contribution in [0.3, 0.4) is 0 Å². The standard InChI is InChI=1S/C20H20N2O2/c23-19-13-16(14-22(19)17-9-2-1-3-10-17)20(24)21-12-6-8-15-7-4-5-11-18(15)21/h1-5,7,9-11,16H,6,8,12-14H2/t16-/m1/s1. The fourth-order valence-electron chi connectivity index (χ4n) is 3.71. The Hall–Kier alpha value is -2.62. The summed E-state index contributed by atoms with van der Waals surface area (Å²) in [6, 6.07) is 17.7. The van der Waals surface area contributed by atoms with Crippen molar-refractivity contribution in [2.45, 2.75) is 19.3 Å². The van der Waals surface area contributed by atoms with Crippen LogP contribution in [0, 0.1) is 5.92 Å². The van der Waals surface area contributed by atoms with Crippen LogP contribution in [-0.4, -0.2) is 24.9 Å². The number of hydrogen-bond donors (Lipinski definition) is 0. The highest BCUT2D eigenvalue weighted by molar-refractivity contribution is 6.04. The molecule has 2 heterocycles. The number of benzene rings is 2. The summed E-state index contributed by atoms with van der Waals surface area (Å²) < 4.78 is 0. The van der Waals surface area contributed by atoms with Crippen molar-refractivity contribution in [2.75, 3.05) is 22.9 Å². The molecule has 0 aliphatic carbocycles. The number of aryl methyl sites for hydroxylation is 1. The van der Waals surface area contributed by atoms with Crippen molar-refractivity contribution in [3.05, 3.63) is 60.2 Å². The number of fused-ring (bicyclic) bond motifs is 1. The Labute approximate surface area is 141 Å². The minimum Gasteiger partial charge on any atom is -0.312 e. The van der Waals surface area contributed by atoms with E-state index in [1.54, 1.807) is 4.90 Å². The van der Waals surface area contributed by atoms with Crippen molar-refractivity contribution in [1.82, 2.24) is 0 Å². The number of anilines is 2. The number of nitrogens with zero attached hydrogens (tertiary/aromatic N) is 2. The molecule has 0 N–H and O–H groups in total. The number of amides is 2. The van der Waals surface area contributed by atoms with Crippen LogP contribution in [0.1, 0.15) is 18.4 Å². The lowest BCUT2D eigenvalue weighted by Gasteiger charge is -2.31. The Bertz CT molecular complexity index is 772. The maximum Gasteiger partial charge on any atom is 0.232 e. The summed E-state index contributed by atoms with van der Waals surface area (Å²) in [5.41, 5.74) is 3.11. The van der Waals surface area contributed by atoms with E-state index in [1.807, 2.05) is 53.4 Å². The topological polar surface area (TPSA) is 40.6 Å². The largest absolute Gasteiger partial charge is 0.312 e. The monoisotopic (exact) mass is 320 g/mol. The van der Waals surface area contributed by atoms with Gasteiger partial charge in [-0.2, -0.15) is 0 Å². The molecule has 1 saturated heterocycles. The van der Waals surface area contributed by atoms with Crippen LogP contribution in [0.25, 0.3) is 0 Å². The van der Waals surface area contributed by atoms with E-state index in [0.29, 0.717) is 13.0 Å². The van der Waals surface area contributed by atoms with Crippen LogP contribution in [0.5, 0.6) is 0 Å². The molecule has 0 spiro atoms. The van der Waals surface area contributed by atoms with Gasteiger partial charge in [0.05, 0.1) is 5.92 Å². The highest BCUT2D eigenvalue weighted by atomic mass is 16.2. The van der Waals surface area contributed by atoms with Gasteiger partial charge in [0.15, 0.2) is 0 Å². The van der Waals surface area contributed by atoms with E-state index < -0.39 is 0 Å². The van der Waals surface area contributed by atoms with E-state index in [0.717, 1.165) is 30.8 Å². The molecule has 2 aliphatic heterocycles. The Morgan fingerprint density at radius 2 is 1.75 bits per heavy atom. The van der Waals surface area contributed by atoms with Crippen LogP contribution in [0.15, 0.2) is 54.6 Å². The van der Waals surface area contributed by atoms with Gasteiger partial charge in [-0.05, 0) is 36.6 Å². The molecule has 1 atom stereocenters. The molecule has 0 unspecified atom stereocenters. The quantitative estimate of drug-likeness (QED) is 0.853. The predicted molar refractivity (Wildman–Crippen MR) is 94.0 cm³/mol. The van der Waals surface area contributed by atoms with Gasteiger partial charge in [0.2, 0.25) is 11.8 Å². The molecule has 2 aromatic carbocycles. The molecule has 0 aromatic heterocycles. The third kappa shape index (κ3) is 2.58. The maximum atomic E-state index is 13.0. The Balaban J connectivity index is 1.55. The summed E-state index contributed by atoms with van der Waals surface area (Å²) >= 11 is 0. The molecule has 1 fully saturated rings. The van der Waals surface area contributed by atoms with Crippen LogP contribution in [0.4, 0.5) is 11.4 Å². The van der Waals surface area contributed by atoms with Gasteiger partial charge in [0.25, 0.3) is 0 Å². The molecule has 0 saturated carbocycles. The Morgan fingerprint density at radius 3 is 2.58 bits per heavy atom. The molecule has 0 radical (unpaired) electrons. The van der Waals surface area contributed by atoms with Gasteiger partial charge in [-0.25, -0.2) is 0 Å². The molecule has 2 aromatic rings. The minimum absolute atomic E-state index is 0.0323. The normalized spacial score (nSPS) is 20.2. The molecule has 4 rings (SSSR count). The average Bonchev–Trinajstić information content (AvgIpc) is 3.03. The van der Waals surface area contributed by atoms with Crippen molar-refractivity contribution < 1.29 is 9.59 Å². The summed E-state index contributed by atoms with van der Waals surface area (Å²) in [7, 11) is 0. The number of hydrogen-bond acceptors (Lipinski definition) is 2. The van der Waals surface area contributed by atoms with Crippen LogP contribution < -0.4 is 9.80 Å². The van der Waals surface area contributed by atoms with Gasteiger partial charge < -0.3 is 9.80 Å². The number of para-hydroxylation sites is 2. The molecular weight excluding hydrogens is 300 g/mol. The summed E-state index contributed by atoms with van der Waals surface area (Å²) in [6.07, 6.45) is 2.29. The van der Waals surface area contributed by atoms with Crippen LogP contribution in [-0.2, 0) is 16.0 Å². The lowest BCUT2D eigenvalue weighted by Crippen LogP contribution is -2.40.